The Morgan fingerprint density at radius 1 is 0.967 bits per heavy atom. The highest BCUT2D eigenvalue weighted by molar-refractivity contribution is 7.85. The number of benzene rings is 2. The highest BCUT2D eigenvalue weighted by atomic mass is 32.2. The van der Waals surface area contributed by atoms with Gasteiger partial charge in [-0.1, -0.05) is 62.4 Å². The van der Waals surface area contributed by atoms with Crippen molar-refractivity contribution in [3.05, 3.63) is 60.2 Å². The van der Waals surface area contributed by atoms with Gasteiger partial charge in [0.2, 0.25) is 5.91 Å². The SMILES string of the molecule is CC(C)CC(=O)N(C(=O)c1ccccc1-c1ccccc1)[C@@H](CS(=O)(=O)O)C(=O)O. The molecule has 0 heterocycles. The molecule has 2 aromatic carbocycles. The number of carboxylic acid groups (broad SMARTS) is 1. The summed E-state index contributed by atoms with van der Waals surface area (Å²) in [6.07, 6.45) is -0.172. The predicted octanol–water partition coefficient (Wildman–Crippen LogP) is 2.71. The van der Waals surface area contributed by atoms with Crippen LogP contribution in [-0.2, 0) is 19.7 Å². The van der Waals surface area contributed by atoms with Crippen LogP contribution in [0.4, 0.5) is 0 Å². The Balaban J connectivity index is 2.61. The lowest BCUT2D eigenvalue weighted by atomic mass is 9.98. The fourth-order valence-electron chi connectivity index (χ4n) is 3.00. The zero-order valence-electron chi connectivity index (χ0n) is 16.6. The Morgan fingerprint density at radius 2 is 1.53 bits per heavy atom. The summed E-state index contributed by atoms with van der Waals surface area (Å²) in [4.78, 5) is 38.4. The molecule has 2 rings (SSSR count). The first-order valence-electron chi connectivity index (χ1n) is 9.20. The topological polar surface area (TPSA) is 129 Å². The van der Waals surface area contributed by atoms with E-state index < -0.39 is 39.7 Å². The second kappa shape index (κ2) is 9.64. The Kier molecular flexibility index (Phi) is 7.47. The van der Waals surface area contributed by atoms with Gasteiger partial charge in [0.25, 0.3) is 16.0 Å². The van der Waals surface area contributed by atoms with Crippen LogP contribution in [0.1, 0.15) is 30.6 Å². The molecule has 0 bridgehead atoms. The van der Waals surface area contributed by atoms with Crippen LogP contribution >= 0.6 is 0 Å². The van der Waals surface area contributed by atoms with Gasteiger partial charge in [0.05, 0.1) is 0 Å². The maximum atomic E-state index is 13.4. The quantitative estimate of drug-likeness (QED) is 0.612. The lowest BCUT2D eigenvalue weighted by Gasteiger charge is -2.28. The van der Waals surface area contributed by atoms with Crippen molar-refractivity contribution in [2.24, 2.45) is 5.92 Å². The van der Waals surface area contributed by atoms with Crippen molar-refractivity contribution in [3.63, 3.8) is 0 Å². The zero-order valence-corrected chi connectivity index (χ0v) is 17.4. The van der Waals surface area contributed by atoms with Gasteiger partial charge in [-0.2, -0.15) is 8.42 Å². The summed E-state index contributed by atoms with van der Waals surface area (Å²) in [6.45, 7) is 3.41. The number of nitrogens with zero attached hydrogens (tertiary/aromatic N) is 1. The molecule has 160 valence electrons. The van der Waals surface area contributed by atoms with Crippen LogP contribution in [0.5, 0.6) is 0 Å². The molecule has 0 spiro atoms. The minimum absolute atomic E-state index is 0.0439. The van der Waals surface area contributed by atoms with E-state index >= 15 is 0 Å². The normalized spacial score (nSPS) is 12.4. The van der Waals surface area contributed by atoms with Crippen molar-refractivity contribution < 1.29 is 32.5 Å². The van der Waals surface area contributed by atoms with Crippen LogP contribution in [0.25, 0.3) is 11.1 Å². The van der Waals surface area contributed by atoms with Crippen LogP contribution in [-0.4, -0.2) is 52.6 Å². The van der Waals surface area contributed by atoms with Gasteiger partial charge >= 0.3 is 5.97 Å². The molecule has 0 radical (unpaired) electrons. The number of rotatable bonds is 8. The molecule has 0 aliphatic carbocycles. The summed E-state index contributed by atoms with van der Waals surface area (Å²) < 4.78 is 32.0. The number of carbonyl (C=O) groups is 3. The largest absolute Gasteiger partial charge is 0.480 e. The van der Waals surface area contributed by atoms with E-state index in [2.05, 4.69) is 0 Å². The summed E-state index contributed by atoms with van der Waals surface area (Å²) in [5, 5.41) is 9.55. The number of amides is 2. The first kappa shape index (κ1) is 23.2. The highest BCUT2D eigenvalue weighted by Crippen LogP contribution is 2.26. The minimum atomic E-state index is -4.78. The number of carboxylic acids is 1. The van der Waals surface area contributed by atoms with Gasteiger partial charge in [0.1, 0.15) is 5.75 Å². The highest BCUT2D eigenvalue weighted by Gasteiger charge is 2.38. The number of aliphatic carboxylic acids is 1. The Morgan fingerprint density at radius 3 is 2.07 bits per heavy atom. The third-order valence-electron chi connectivity index (χ3n) is 4.28. The van der Waals surface area contributed by atoms with Crippen molar-refractivity contribution in [2.45, 2.75) is 26.3 Å². The summed E-state index contributed by atoms with van der Waals surface area (Å²) in [7, 11) is -4.78. The molecule has 2 N–H and O–H groups in total. The predicted molar refractivity (Wildman–Crippen MR) is 110 cm³/mol. The summed E-state index contributed by atoms with van der Waals surface area (Å²) >= 11 is 0. The average molecular weight is 433 g/mol. The fraction of sp³-hybridized carbons (Fsp3) is 0.286. The molecular weight excluding hydrogens is 410 g/mol. The van der Waals surface area contributed by atoms with Crippen LogP contribution in [0.3, 0.4) is 0 Å². The minimum Gasteiger partial charge on any atom is -0.480 e. The molecule has 0 saturated heterocycles. The maximum Gasteiger partial charge on any atom is 0.328 e. The molecule has 0 fully saturated rings. The van der Waals surface area contributed by atoms with Gasteiger partial charge in [0, 0.05) is 12.0 Å². The molecular formula is C21H23NO7S. The van der Waals surface area contributed by atoms with Crippen molar-refractivity contribution in [2.75, 3.05) is 5.75 Å². The fourth-order valence-corrected chi connectivity index (χ4v) is 3.69. The van der Waals surface area contributed by atoms with Gasteiger partial charge in [-0.3, -0.25) is 19.0 Å². The number of hydrogen-bond acceptors (Lipinski definition) is 5. The summed E-state index contributed by atoms with van der Waals surface area (Å²) in [6, 6.07) is 13.1. The van der Waals surface area contributed by atoms with Crippen LogP contribution in [0.15, 0.2) is 54.6 Å². The number of imide groups is 1. The average Bonchev–Trinajstić information content (AvgIpc) is 2.66. The van der Waals surface area contributed by atoms with Crippen LogP contribution in [0, 0.1) is 5.92 Å². The third kappa shape index (κ3) is 5.98. The van der Waals surface area contributed by atoms with E-state index in [-0.39, 0.29) is 17.9 Å². The molecule has 2 amide bonds. The lowest BCUT2D eigenvalue weighted by molar-refractivity contribution is -0.147. The Hall–Kier alpha value is -3.04. The van der Waals surface area contributed by atoms with E-state index in [1.54, 1.807) is 62.4 Å². The van der Waals surface area contributed by atoms with Crippen molar-refractivity contribution in [3.8, 4) is 11.1 Å². The molecule has 0 aliphatic heterocycles. The Bertz CT molecular complexity index is 1030. The first-order valence-corrected chi connectivity index (χ1v) is 10.8. The molecule has 30 heavy (non-hydrogen) atoms. The smallest absolute Gasteiger partial charge is 0.328 e. The van der Waals surface area contributed by atoms with Crippen molar-refractivity contribution in [1.29, 1.82) is 0 Å². The summed E-state index contributed by atoms with van der Waals surface area (Å²) in [5.74, 6) is -5.01. The van der Waals surface area contributed by atoms with Crippen molar-refractivity contribution in [1.82, 2.24) is 4.90 Å². The van der Waals surface area contributed by atoms with Crippen LogP contribution < -0.4 is 0 Å². The maximum absolute atomic E-state index is 13.4. The standard InChI is InChI=1S/C21H23NO7S/c1-14(2)12-19(23)22(18(21(25)26)13-30(27,28)29)20(24)17-11-7-6-10-16(17)15-8-4-3-5-9-15/h3-11,14,18H,12-13H2,1-2H3,(H,25,26)(H,27,28,29)/t18-/m0/s1. The molecule has 9 heteroatoms. The van der Waals surface area contributed by atoms with Gasteiger partial charge in [-0.25, -0.2) is 4.79 Å². The molecule has 8 nitrogen and oxygen atoms in total. The molecule has 1 atom stereocenters. The molecule has 2 aromatic rings. The number of carbonyl (C=O) groups excluding carboxylic acids is 2. The van der Waals surface area contributed by atoms with E-state index in [1.807, 2.05) is 0 Å². The molecule has 0 aromatic heterocycles. The van der Waals surface area contributed by atoms with Gasteiger partial charge in [0.15, 0.2) is 6.04 Å². The van der Waals surface area contributed by atoms with E-state index in [1.165, 1.54) is 6.07 Å². The van der Waals surface area contributed by atoms with E-state index in [0.717, 1.165) is 0 Å². The molecule has 0 aliphatic rings. The van der Waals surface area contributed by atoms with E-state index in [9.17, 15) is 32.5 Å². The second-order valence-electron chi connectivity index (χ2n) is 7.18. The van der Waals surface area contributed by atoms with Gasteiger partial charge < -0.3 is 5.11 Å². The van der Waals surface area contributed by atoms with Gasteiger partial charge in [-0.05, 0) is 23.1 Å². The summed E-state index contributed by atoms with van der Waals surface area (Å²) in [5.41, 5.74) is 1.17. The molecule has 0 unspecified atom stereocenters. The first-order chi connectivity index (χ1) is 14.0. The zero-order chi connectivity index (χ0) is 22.5. The van der Waals surface area contributed by atoms with Crippen molar-refractivity contribution >= 4 is 27.9 Å². The number of hydrogen-bond donors (Lipinski definition) is 2. The van der Waals surface area contributed by atoms with Crippen LogP contribution in [0.2, 0.25) is 0 Å². The monoisotopic (exact) mass is 433 g/mol. The van der Waals surface area contributed by atoms with E-state index in [4.69, 9.17) is 0 Å². The van der Waals surface area contributed by atoms with E-state index in [0.29, 0.717) is 16.0 Å². The molecule has 0 saturated carbocycles. The second-order valence-corrected chi connectivity index (χ2v) is 8.68. The van der Waals surface area contributed by atoms with Gasteiger partial charge in [-0.15, -0.1) is 0 Å². The lowest BCUT2D eigenvalue weighted by Crippen LogP contribution is -2.52. The Labute approximate surface area is 174 Å². The third-order valence-corrected chi connectivity index (χ3v) is 5.01.